The van der Waals surface area contributed by atoms with Crippen molar-refractivity contribution >= 4 is 28.8 Å². The largest absolute Gasteiger partial charge is 0.379 e. The quantitative estimate of drug-likeness (QED) is 0.476. The number of amides is 1. The Morgan fingerprint density at radius 1 is 0.743 bits per heavy atom. The molecule has 0 radical (unpaired) electrons. The van der Waals surface area contributed by atoms with Crippen LogP contribution in [0.1, 0.15) is 78.6 Å². The number of carbonyl (C=O) groups excluding carboxylic acids is 3. The SMILES string of the molecule is Cn1cc(NC(C)(C)C)cc1C(=O)Cc1cc(C(=O)Nc2cc(C(=O)C(C)(C)C)n(C)c2)n(C)c1. The first-order chi connectivity index (χ1) is 16.0. The first kappa shape index (κ1) is 26.1. The number of hydrogen-bond acceptors (Lipinski definition) is 4. The number of anilines is 2. The first-order valence-corrected chi connectivity index (χ1v) is 11.7. The van der Waals surface area contributed by atoms with Gasteiger partial charge in [-0.25, -0.2) is 0 Å². The first-order valence-electron chi connectivity index (χ1n) is 11.7. The molecule has 0 spiro atoms. The second-order valence-corrected chi connectivity index (χ2v) is 11.3. The van der Waals surface area contributed by atoms with E-state index in [2.05, 4.69) is 31.4 Å². The maximum atomic E-state index is 13.0. The Morgan fingerprint density at radius 2 is 1.29 bits per heavy atom. The number of ketones is 2. The molecule has 0 fully saturated rings. The maximum absolute atomic E-state index is 13.0. The van der Waals surface area contributed by atoms with Crippen molar-refractivity contribution in [3.63, 3.8) is 0 Å². The zero-order chi connectivity index (χ0) is 26.3. The molecular weight excluding hydrogens is 442 g/mol. The Morgan fingerprint density at radius 3 is 1.89 bits per heavy atom. The van der Waals surface area contributed by atoms with E-state index in [4.69, 9.17) is 0 Å². The molecule has 188 valence electrons. The van der Waals surface area contributed by atoms with Crippen molar-refractivity contribution in [3.8, 4) is 0 Å². The number of nitrogens with one attached hydrogen (secondary N) is 2. The highest BCUT2D eigenvalue weighted by Gasteiger charge is 2.26. The minimum absolute atomic E-state index is 0.00157. The maximum Gasteiger partial charge on any atom is 0.272 e. The lowest BCUT2D eigenvalue weighted by atomic mass is 9.89. The Labute approximate surface area is 207 Å². The average Bonchev–Trinajstić information content (AvgIpc) is 3.35. The predicted octanol–water partition coefficient (Wildman–Crippen LogP) is 4.82. The number of nitrogens with zero attached hydrogens (tertiary/aromatic N) is 3. The summed E-state index contributed by atoms with van der Waals surface area (Å²) < 4.78 is 5.25. The van der Waals surface area contributed by atoms with Gasteiger partial charge < -0.3 is 24.3 Å². The fourth-order valence-electron chi connectivity index (χ4n) is 4.01. The second kappa shape index (κ2) is 9.24. The summed E-state index contributed by atoms with van der Waals surface area (Å²) in [6, 6.07) is 5.28. The molecule has 3 aromatic heterocycles. The summed E-state index contributed by atoms with van der Waals surface area (Å²) in [5, 5.41) is 6.25. The Balaban J connectivity index is 1.73. The van der Waals surface area contributed by atoms with Crippen LogP contribution in [-0.2, 0) is 27.6 Å². The zero-order valence-corrected chi connectivity index (χ0v) is 22.2. The molecule has 3 heterocycles. The molecule has 8 nitrogen and oxygen atoms in total. The summed E-state index contributed by atoms with van der Waals surface area (Å²) in [6.07, 6.45) is 5.61. The molecule has 8 heteroatoms. The van der Waals surface area contributed by atoms with Crippen LogP contribution in [0.4, 0.5) is 11.4 Å². The van der Waals surface area contributed by atoms with Gasteiger partial charge in [-0.05, 0) is 44.5 Å². The van der Waals surface area contributed by atoms with Crippen molar-refractivity contribution in [1.82, 2.24) is 13.7 Å². The van der Waals surface area contributed by atoms with Crippen molar-refractivity contribution in [2.45, 2.75) is 53.5 Å². The Kier molecular flexibility index (Phi) is 6.88. The smallest absolute Gasteiger partial charge is 0.272 e. The van der Waals surface area contributed by atoms with Crippen molar-refractivity contribution in [2.24, 2.45) is 26.6 Å². The van der Waals surface area contributed by atoms with Gasteiger partial charge in [-0.2, -0.15) is 0 Å². The van der Waals surface area contributed by atoms with Crippen LogP contribution in [0.15, 0.2) is 36.8 Å². The molecule has 1 amide bonds. The predicted molar refractivity (Wildman–Crippen MR) is 139 cm³/mol. The molecular formula is C27H37N5O3. The topological polar surface area (TPSA) is 90.1 Å². The molecule has 0 aliphatic rings. The number of aromatic nitrogens is 3. The minimum atomic E-state index is -0.519. The van der Waals surface area contributed by atoms with Crippen LogP contribution < -0.4 is 10.6 Å². The highest BCUT2D eigenvalue weighted by Crippen LogP contribution is 2.24. The van der Waals surface area contributed by atoms with Crippen molar-refractivity contribution < 1.29 is 14.4 Å². The van der Waals surface area contributed by atoms with Crippen molar-refractivity contribution in [3.05, 3.63) is 59.4 Å². The lowest BCUT2D eigenvalue weighted by Gasteiger charge is -2.20. The molecule has 0 bridgehead atoms. The van der Waals surface area contributed by atoms with Gasteiger partial charge in [0.1, 0.15) is 5.69 Å². The zero-order valence-electron chi connectivity index (χ0n) is 22.2. The van der Waals surface area contributed by atoms with Crippen LogP contribution in [0.25, 0.3) is 0 Å². The van der Waals surface area contributed by atoms with Gasteiger partial charge in [0.05, 0.1) is 22.8 Å². The molecule has 35 heavy (non-hydrogen) atoms. The van der Waals surface area contributed by atoms with E-state index in [1.807, 2.05) is 44.6 Å². The van der Waals surface area contributed by atoms with Crippen LogP contribution in [0.5, 0.6) is 0 Å². The van der Waals surface area contributed by atoms with E-state index in [0.29, 0.717) is 22.8 Å². The van der Waals surface area contributed by atoms with Crippen LogP contribution >= 0.6 is 0 Å². The molecule has 0 aromatic carbocycles. The number of hydrogen-bond donors (Lipinski definition) is 2. The third kappa shape index (κ3) is 6.12. The Hall–Kier alpha value is -3.55. The van der Waals surface area contributed by atoms with E-state index < -0.39 is 5.41 Å². The van der Waals surface area contributed by atoms with Gasteiger partial charge in [0.2, 0.25) is 0 Å². The van der Waals surface area contributed by atoms with Crippen molar-refractivity contribution in [2.75, 3.05) is 10.6 Å². The van der Waals surface area contributed by atoms with Crippen LogP contribution in [0, 0.1) is 5.41 Å². The van der Waals surface area contributed by atoms with Gasteiger partial charge in [0.25, 0.3) is 5.91 Å². The van der Waals surface area contributed by atoms with Crippen LogP contribution in [-0.4, -0.2) is 36.7 Å². The molecule has 0 unspecified atom stereocenters. The summed E-state index contributed by atoms with van der Waals surface area (Å²) in [7, 11) is 5.41. The van der Waals surface area contributed by atoms with Gasteiger partial charge in [0.15, 0.2) is 11.6 Å². The third-order valence-electron chi connectivity index (χ3n) is 5.65. The normalized spacial score (nSPS) is 12.0. The number of carbonyl (C=O) groups is 3. The van der Waals surface area contributed by atoms with Gasteiger partial charge in [-0.3, -0.25) is 14.4 Å². The van der Waals surface area contributed by atoms with E-state index >= 15 is 0 Å². The molecule has 3 rings (SSSR count). The molecule has 0 saturated carbocycles. The Bertz CT molecular complexity index is 1280. The molecule has 0 atom stereocenters. The number of aryl methyl sites for hydroxylation is 3. The fraction of sp³-hybridized carbons (Fsp3) is 0.444. The van der Waals surface area contributed by atoms with Gasteiger partial charge >= 0.3 is 0 Å². The van der Waals surface area contributed by atoms with Crippen LogP contribution in [0.3, 0.4) is 0 Å². The lowest BCUT2D eigenvalue weighted by Crippen LogP contribution is -2.25. The van der Waals surface area contributed by atoms with Gasteiger partial charge in [-0.15, -0.1) is 0 Å². The van der Waals surface area contributed by atoms with E-state index in [1.54, 1.807) is 47.8 Å². The van der Waals surface area contributed by atoms with Crippen molar-refractivity contribution in [1.29, 1.82) is 0 Å². The second-order valence-electron chi connectivity index (χ2n) is 11.3. The van der Waals surface area contributed by atoms with Crippen LogP contribution in [0.2, 0.25) is 0 Å². The monoisotopic (exact) mass is 479 g/mol. The summed E-state index contributed by atoms with van der Waals surface area (Å²) in [4.78, 5) is 38.6. The molecule has 0 aliphatic heterocycles. The van der Waals surface area contributed by atoms with E-state index in [0.717, 1.165) is 11.3 Å². The number of rotatable bonds is 7. The summed E-state index contributed by atoms with van der Waals surface area (Å²) in [5.74, 6) is -0.329. The third-order valence-corrected chi connectivity index (χ3v) is 5.65. The van der Waals surface area contributed by atoms with E-state index in [9.17, 15) is 14.4 Å². The lowest BCUT2D eigenvalue weighted by molar-refractivity contribution is 0.0849. The van der Waals surface area contributed by atoms with E-state index in [-0.39, 0.29) is 29.4 Å². The highest BCUT2D eigenvalue weighted by molar-refractivity contribution is 6.05. The van der Waals surface area contributed by atoms with Gasteiger partial charge in [0, 0.05) is 57.1 Å². The number of Topliss-reactive ketones (excluding diaryl/α,β-unsaturated/α-hetero) is 2. The summed E-state index contributed by atoms with van der Waals surface area (Å²) in [6.45, 7) is 11.8. The van der Waals surface area contributed by atoms with E-state index in [1.165, 1.54) is 0 Å². The molecule has 2 N–H and O–H groups in total. The molecule has 0 saturated heterocycles. The fourth-order valence-corrected chi connectivity index (χ4v) is 4.01. The average molecular weight is 480 g/mol. The minimum Gasteiger partial charge on any atom is -0.379 e. The summed E-state index contributed by atoms with van der Waals surface area (Å²) in [5.41, 5.74) is 3.14. The highest BCUT2D eigenvalue weighted by atomic mass is 16.2. The molecule has 3 aromatic rings. The molecule has 0 aliphatic carbocycles. The summed E-state index contributed by atoms with van der Waals surface area (Å²) >= 11 is 0. The van der Waals surface area contributed by atoms with Gasteiger partial charge in [-0.1, -0.05) is 20.8 Å². The standard InChI is InChI=1S/C27H37N5O3/c1-26(2,3)24(34)21-12-18(15-32(21)9)28-25(35)22-10-17(14-30(22)7)11-23(33)20-13-19(16-31(20)8)29-27(4,5)6/h10,12-16,29H,11H2,1-9H3,(H,28,35).